The number of piperidine rings is 2. The fourth-order valence-electron chi connectivity index (χ4n) is 8.59. The number of nitrogens with zero attached hydrogens (tertiary/aromatic N) is 3. The van der Waals surface area contributed by atoms with Crippen LogP contribution in [0.4, 0.5) is 10.5 Å². The number of anilines is 1. The van der Waals surface area contributed by atoms with E-state index in [0.717, 1.165) is 41.4 Å². The number of ether oxygens (including phenoxy) is 1. The van der Waals surface area contributed by atoms with Gasteiger partial charge in [0.2, 0.25) is 5.91 Å². The van der Waals surface area contributed by atoms with E-state index < -0.39 is 29.3 Å². The monoisotopic (exact) mass is 591 g/mol. The molecule has 0 aromatic heterocycles. The summed E-state index contributed by atoms with van der Waals surface area (Å²) in [4.78, 5) is 34.2. The van der Waals surface area contributed by atoms with Crippen LogP contribution in [0.15, 0.2) is 18.2 Å². The van der Waals surface area contributed by atoms with Crippen molar-refractivity contribution in [1.29, 1.82) is 0 Å². The lowest BCUT2D eigenvalue weighted by Gasteiger charge is -2.49. The van der Waals surface area contributed by atoms with E-state index in [1.807, 2.05) is 20.8 Å². The van der Waals surface area contributed by atoms with Gasteiger partial charge in [0.25, 0.3) is 0 Å². The molecule has 234 valence electrons. The van der Waals surface area contributed by atoms with Crippen molar-refractivity contribution in [3.8, 4) is 0 Å². The summed E-state index contributed by atoms with van der Waals surface area (Å²) in [5.41, 5.74) is 1.05. The Labute approximate surface area is 257 Å². The smallest absolute Gasteiger partial charge is 0.444 e. The van der Waals surface area contributed by atoms with Gasteiger partial charge in [-0.3, -0.25) is 9.69 Å². The largest absolute Gasteiger partial charge is 0.494 e. The zero-order valence-electron chi connectivity index (χ0n) is 27.3. The standard InChI is InChI=1S/C34H50BN3O5/c1-31(2,3)41-30(40)36-14-12-34(13-15-36)27-11-10-24(35-42-32(4,5)33(6,7)43-35)17-28(27)38(29(34)39)26-18-25(19-26)37-20-22-8-9-23(16-22)21-37/h10-11,17,22-23,25-26H,8-9,12-16,18-21H2,1-7H3. The molecule has 2 unspecified atom stereocenters. The third-order valence-corrected chi connectivity index (χ3v) is 11.8. The minimum Gasteiger partial charge on any atom is -0.444 e. The Hall–Kier alpha value is -2.10. The van der Waals surface area contributed by atoms with Crippen molar-refractivity contribution in [2.45, 2.75) is 128 Å². The molecule has 0 radical (unpaired) electrons. The molecular formula is C34H50BN3O5. The minimum absolute atomic E-state index is 0.202. The average molecular weight is 592 g/mol. The molecule has 2 saturated carbocycles. The Morgan fingerprint density at radius 2 is 1.53 bits per heavy atom. The van der Waals surface area contributed by atoms with Crippen molar-refractivity contribution < 1.29 is 23.6 Å². The quantitative estimate of drug-likeness (QED) is 0.468. The van der Waals surface area contributed by atoms with Crippen molar-refractivity contribution >= 4 is 30.3 Å². The highest BCUT2D eigenvalue weighted by molar-refractivity contribution is 6.62. The number of benzene rings is 1. The average Bonchev–Trinajstić information content (AvgIpc) is 3.44. The second-order valence-corrected chi connectivity index (χ2v) is 16.4. The number of hydrogen-bond donors (Lipinski definition) is 0. The van der Waals surface area contributed by atoms with Crippen LogP contribution in [0, 0.1) is 11.8 Å². The van der Waals surface area contributed by atoms with Crippen LogP contribution in [0.2, 0.25) is 0 Å². The Morgan fingerprint density at radius 1 is 0.930 bits per heavy atom. The van der Waals surface area contributed by atoms with Crippen molar-refractivity contribution in [3.05, 3.63) is 23.8 Å². The molecule has 7 rings (SSSR count). The number of carbonyl (C=O) groups is 2. The molecule has 2 aliphatic carbocycles. The Bertz CT molecular complexity index is 1270. The molecule has 6 aliphatic rings. The number of fused-ring (bicyclic) bond motifs is 4. The summed E-state index contributed by atoms with van der Waals surface area (Å²) in [6, 6.07) is 7.18. The van der Waals surface area contributed by atoms with Gasteiger partial charge in [-0.25, -0.2) is 4.79 Å². The molecule has 2 atom stereocenters. The first-order valence-electron chi connectivity index (χ1n) is 16.7. The Morgan fingerprint density at radius 3 is 2.12 bits per heavy atom. The van der Waals surface area contributed by atoms with Gasteiger partial charge in [-0.15, -0.1) is 0 Å². The molecule has 1 spiro atoms. The molecule has 43 heavy (non-hydrogen) atoms. The number of carbonyl (C=O) groups excluding carboxylic acids is 2. The van der Waals surface area contributed by atoms with Crippen molar-refractivity contribution in [2.75, 3.05) is 31.1 Å². The second-order valence-electron chi connectivity index (χ2n) is 16.4. The van der Waals surface area contributed by atoms with Crippen LogP contribution in [-0.2, 0) is 24.3 Å². The molecule has 0 N–H and O–H groups in total. The first-order valence-corrected chi connectivity index (χ1v) is 16.7. The number of hydrogen-bond acceptors (Lipinski definition) is 6. The van der Waals surface area contributed by atoms with E-state index in [0.29, 0.717) is 32.0 Å². The van der Waals surface area contributed by atoms with Gasteiger partial charge < -0.3 is 23.8 Å². The molecule has 8 nitrogen and oxygen atoms in total. The second kappa shape index (κ2) is 9.95. The molecule has 4 heterocycles. The van der Waals surface area contributed by atoms with E-state index in [2.05, 4.69) is 55.7 Å². The van der Waals surface area contributed by atoms with E-state index in [1.165, 1.54) is 32.4 Å². The summed E-state index contributed by atoms with van der Waals surface area (Å²) in [5.74, 6) is 1.94. The van der Waals surface area contributed by atoms with Gasteiger partial charge in [0, 0.05) is 44.0 Å². The third kappa shape index (κ3) is 4.92. The van der Waals surface area contributed by atoms with Crippen LogP contribution in [-0.4, -0.2) is 84.0 Å². The van der Waals surface area contributed by atoms with Crippen LogP contribution in [0.1, 0.15) is 99.0 Å². The summed E-state index contributed by atoms with van der Waals surface area (Å²) in [6.45, 7) is 17.5. The van der Waals surface area contributed by atoms with Gasteiger partial charge in [-0.05, 0) is 122 Å². The first-order chi connectivity index (χ1) is 20.2. The van der Waals surface area contributed by atoms with E-state index >= 15 is 0 Å². The highest BCUT2D eigenvalue weighted by Crippen LogP contribution is 2.51. The van der Waals surface area contributed by atoms with Gasteiger partial charge >= 0.3 is 13.2 Å². The van der Waals surface area contributed by atoms with E-state index in [-0.39, 0.29) is 18.0 Å². The van der Waals surface area contributed by atoms with Crippen LogP contribution in [0.3, 0.4) is 0 Å². The minimum atomic E-state index is -0.613. The highest BCUT2D eigenvalue weighted by atomic mass is 16.7. The number of amides is 2. The molecule has 2 amide bonds. The molecule has 1 aromatic carbocycles. The normalized spacial score (nSPS) is 32.7. The van der Waals surface area contributed by atoms with Crippen molar-refractivity contribution in [3.63, 3.8) is 0 Å². The summed E-state index contributed by atoms with van der Waals surface area (Å²) in [5, 5.41) is 0. The van der Waals surface area contributed by atoms with Gasteiger partial charge in [0.1, 0.15) is 5.60 Å². The van der Waals surface area contributed by atoms with Crippen molar-refractivity contribution in [2.24, 2.45) is 11.8 Å². The lowest BCUT2D eigenvalue weighted by atomic mass is 9.71. The van der Waals surface area contributed by atoms with Gasteiger partial charge in [-0.2, -0.15) is 0 Å². The number of rotatable bonds is 3. The van der Waals surface area contributed by atoms with Crippen LogP contribution < -0.4 is 10.4 Å². The fourth-order valence-corrected chi connectivity index (χ4v) is 8.59. The van der Waals surface area contributed by atoms with Crippen LogP contribution in [0.5, 0.6) is 0 Å². The molecule has 2 bridgehead atoms. The lowest BCUT2D eigenvalue weighted by molar-refractivity contribution is -0.126. The highest BCUT2D eigenvalue weighted by Gasteiger charge is 2.57. The van der Waals surface area contributed by atoms with Gasteiger partial charge in [0.15, 0.2) is 0 Å². The maximum atomic E-state index is 14.6. The predicted molar refractivity (Wildman–Crippen MR) is 168 cm³/mol. The van der Waals surface area contributed by atoms with Crippen LogP contribution in [0.25, 0.3) is 0 Å². The van der Waals surface area contributed by atoms with Crippen molar-refractivity contribution in [1.82, 2.24) is 9.80 Å². The summed E-state index contributed by atoms with van der Waals surface area (Å²) < 4.78 is 18.5. The predicted octanol–water partition coefficient (Wildman–Crippen LogP) is 4.86. The van der Waals surface area contributed by atoms with E-state index in [9.17, 15) is 9.59 Å². The summed E-state index contributed by atoms with van der Waals surface area (Å²) >= 11 is 0. The Kier molecular flexibility index (Phi) is 6.85. The molecule has 3 saturated heterocycles. The zero-order valence-corrected chi connectivity index (χ0v) is 27.3. The number of likely N-dealkylation sites (tertiary alicyclic amines) is 2. The third-order valence-electron chi connectivity index (χ3n) is 11.8. The van der Waals surface area contributed by atoms with Gasteiger partial charge in [0.05, 0.1) is 16.6 Å². The fraction of sp³-hybridized carbons (Fsp3) is 0.765. The Balaban J connectivity index is 1.15. The molecular weight excluding hydrogens is 541 g/mol. The topological polar surface area (TPSA) is 71.6 Å². The molecule has 4 aliphatic heterocycles. The lowest BCUT2D eigenvalue weighted by Crippen LogP contribution is -2.59. The summed E-state index contributed by atoms with van der Waals surface area (Å²) in [6.07, 6.45) is 7.18. The van der Waals surface area contributed by atoms with Crippen LogP contribution >= 0.6 is 0 Å². The summed E-state index contributed by atoms with van der Waals surface area (Å²) in [7, 11) is -0.476. The van der Waals surface area contributed by atoms with E-state index in [4.69, 9.17) is 14.0 Å². The zero-order chi connectivity index (χ0) is 30.5. The maximum Gasteiger partial charge on any atom is 0.494 e. The van der Waals surface area contributed by atoms with E-state index in [1.54, 1.807) is 4.90 Å². The van der Waals surface area contributed by atoms with Gasteiger partial charge in [-0.1, -0.05) is 12.1 Å². The first kappa shape index (κ1) is 29.6. The molecule has 9 heteroatoms. The SMILES string of the molecule is CC(C)(C)OC(=O)N1CCC2(CC1)C(=O)N(C1CC(N3CC4CCC(C4)C3)C1)c1cc(B3OC(C)(C)C(C)(C)O3)ccc12. The maximum absolute atomic E-state index is 14.6. The molecule has 5 fully saturated rings. The molecule has 1 aromatic rings.